The number of fused-ring (bicyclic) bond motifs is 1. The normalized spacial score (nSPS) is 24.7. The Kier molecular flexibility index (Phi) is 4.82. The Morgan fingerprint density at radius 1 is 1.35 bits per heavy atom. The first kappa shape index (κ1) is 17.6. The van der Waals surface area contributed by atoms with Crippen LogP contribution in [0, 0.1) is 6.92 Å². The molecule has 1 aromatic carbocycles. The van der Waals surface area contributed by atoms with E-state index < -0.39 is 12.2 Å². The third kappa shape index (κ3) is 3.54. The molecule has 1 saturated carbocycles. The lowest BCUT2D eigenvalue weighted by molar-refractivity contribution is 0.0539. The summed E-state index contributed by atoms with van der Waals surface area (Å²) in [6.45, 7) is 3.05. The van der Waals surface area contributed by atoms with Crippen LogP contribution < -0.4 is 10.9 Å². The number of piperidine rings is 1. The molecule has 1 aliphatic heterocycles. The lowest BCUT2D eigenvalue weighted by Gasteiger charge is -2.30. The lowest BCUT2D eigenvalue weighted by atomic mass is 9.96. The van der Waals surface area contributed by atoms with E-state index in [4.69, 9.17) is 0 Å². The molecule has 0 amide bonds. The Labute approximate surface area is 152 Å². The van der Waals surface area contributed by atoms with Crippen molar-refractivity contribution in [3.63, 3.8) is 0 Å². The van der Waals surface area contributed by atoms with Gasteiger partial charge in [0.2, 0.25) is 0 Å². The van der Waals surface area contributed by atoms with E-state index >= 15 is 0 Å². The molecule has 2 aromatic rings. The molecule has 3 N–H and O–H groups in total. The summed E-state index contributed by atoms with van der Waals surface area (Å²) in [5.74, 6) is 0.579. The van der Waals surface area contributed by atoms with Crippen LogP contribution in [-0.4, -0.2) is 44.6 Å². The van der Waals surface area contributed by atoms with Gasteiger partial charge in [-0.25, -0.2) is 4.98 Å². The Morgan fingerprint density at radius 2 is 2.15 bits per heavy atom. The predicted octanol–water partition coefficient (Wildman–Crippen LogP) is 1.45. The fourth-order valence-corrected chi connectivity index (χ4v) is 4.03. The third-order valence-electron chi connectivity index (χ3n) is 5.67. The molecule has 6 nitrogen and oxygen atoms in total. The SMILES string of the molecule is Cc1cc(C2CC2)cc2c(=O)n(C[C@@H](O)C[C@H]3NCCC[C@@H]3O)cnc12. The van der Waals surface area contributed by atoms with Gasteiger partial charge in [0.05, 0.1) is 36.0 Å². The highest BCUT2D eigenvalue weighted by molar-refractivity contribution is 5.81. The molecular weight excluding hydrogens is 330 g/mol. The third-order valence-corrected chi connectivity index (χ3v) is 5.67. The zero-order chi connectivity index (χ0) is 18.3. The van der Waals surface area contributed by atoms with Gasteiger partial charge in [0.15, 0.2) is 0 Å². The molecule has 0 radical (unpaired) electrons. The molecule has 2 fully saturated rings. The minimum Gasteiger partial charge on any atom is -0.392 e. The molecule has 2 heterocycles. The summed E-state index contributed by atoms with van der Waals surface area (Å²) in [5.41, 5.74) is 2.90. The molecule has 4 rings (SSSR count). The van der Waals surface area contributed by atoms with Crippen LogP contribution in [0.5, 0.6) is 0 Å². The number of nitrogens with one attached hydrogen (secondary N) is 1. The van der Waals surface area contributed by atoms with Gasteiger partial charge in [0.1, 0.15) is 0 Å². The number of aromatic nitrogens is 2. The highest BCUT2D eigenvalue weighted by Crippen LogP contribution is 2.41. The first-order valence-corrected chi connectivity index (χ1v) is 9.62. The van der Waals surface area contributed by atoms with Gasteiger partial charge in [-0.05, 0) is 68.7 Å². The van der Waals surface area contributed by atoms with Crippen molar-refractivity contribution in [3.8, 4) is 0 Å². The molecular formula is C20H27N3O3. The number of aryl methyl sites for hydroxylation is 1. The van der Waals surface area contributed by atoms with Crippen molar-refractivity contribution >= 4 is 10.9 Å². The van der Waals surface area contributed by atoms with Crippen LogP contribution in [0.3, 0.4) is 0 Å². The highest BCUT2D eigenvalue weighted by atomic mass is 16.3. The Morgan fingerprint density at radius 3 is 2.88 bits per heavy atom. The van der Waals surface area contributed by atoms with Crippen molar-refractivity contribution in [2.75, 3.05) is 6.54 Å². The van der Waals surface area contributed by atoms with Gasteiger partial charge < -0.3 is 15.5 Å². The van der Waals surface area contributed by atoms with Gasteiger partial charge in [-0.3, -0.25) is 9.36 Å². The minimum absolute atomic E-state index is 0.100. The van der Waals surface area contributed by atoms with Crippen molar-refractivity contribution in [1.82, 2.24) is 14.9 Å². The number of rotatable bonds is 5. The molecule has 0 bridgehead atoms. The van der Waals surface area contributed by atoms with Gasteiger partial charge in [-0.2, -0.15) is 0 Å². The van der Waals surface area contributed by atoms with E-state index in [2.05, 4.69) is 16.4 Å². The van der Waals surface area contributed by atoms with Crippen LogP contribution in [0.4, 0.5) is 0 Å². The van der Waals surface area contributed by atoms with Gasteiger partial charge in [-0.15, -0.1) is 0 Å². The maximum absolute atomic E-state index is 12.9. The molecule has 3 atom stereocenters. The van der Waals surface area contributed by atoms with E-state index in [0.29, 0.717) is 17.7 Å². The summed E-state index contributed by atoms with van der Waals surface area (Å²) in [5, 5.41) is 24.4. The number of aliphatic hydroxyl groups is 2. The van der Waals surface area contributed by atoms with Gasteiger partial charge in [0.25, 0.3) is 5.56 Å². The van der Waals surface area contributed by atoms with E-state index in [1.807, 2.05) is 13.0 Å². The van der Waals surface area contributed by atoms with Crippen LogP contribution in [0.2, 0.25) is 0 Å². The van der Waals surface area contributed by atoms with Crippen LogP contribution in [0.25, 0.3) is 10.9 Å². The summed E-state index contributed by atoms with van der Waals surface area (Å²) in [6, 6.07) is 4.00. The smallest absolute Gasteiger partial charge is 0.261 e. The number of benzene rings is 1. The van der Waals surface area contributed by atoms with E-state index in [-0.39, 0.29) is 18.1 Å². The Balaban J connectivity index is 1.56. The summed E-state index contributed by atoms with van der Waals surface area (Å²) in [6.07, 6.45) is 4.90. The molecule has 0 unspecified atom stereocenters. The topological polar surface area (TPSA) is 87.4 Å². The predicted molar refractivity (Wildman–Crippen MR) is 100 cm³/mol. The molecule has 1 saturated heterocycles. The standard InChI is InChI=1S/C20H27N3O3/c1-12-7-14(13-4-5-13)8-16-19(12)22-11-23(20(16)26)10-15(24)9-17-18(25)3-2-6-21-17/h7-8,11,13,15,17-18,21,24-25H,2-6,9-10H2,1H3/t15-,17+,18-/m0/s1. The van der Waals surface area contributed by atoms with Crippen molar-refractivity contribution in [1.29, 1.82) is 0 Å². The molecule has 26 heavy (non-hydrogen) atoms. The molecule has 140 valence electrons. The largest absolute Gasteiger partial charge is 0.392 e. The van der Waals surface area contributed by atoms with E-state index in [9.17, 15) is 15.0 Å². The zero-order valence-corrected chi connectivity index (χ0v) is 15.2. The van der Waals surface area contributed by atoms with Crippen LogP contribution in [0.1, 0.15) is 49.1 Å². The van der Waals surface area contributed by atoms with Crippen molar-refractivity contribution < 1.29 is 10.2 Å². The Hall–Kier alpha value is -1.76. The summed E-state index contributed by atoms with van der Waals surface area (Å²) >= 11 is 0. The second kappa shape index (κ2) is 7.10. The van der Waals surface area contributed by atoms with Crippen LogP contribution >= 0.6 is 0 Å². The monoisotopic (exact) mass is 357 g/mol. The zero-order valence-electron chi connectivity index (χ0n) is 15.2. The second-order valence-electron chi connectivity index (χ2n) is 7.87. The number of aliphatic hydroxyl groups excluding tert-OH is 2. The molecule has 1 aliphatic carbocycles. The molecule has 2 aliphatic rings. The van der Waals surface area contributed by atoms with Crippen molar-refractivity contribution in [2.24, 2.45) is 0 Å². The first-order chi connectivity index (χ1) is 12.5. The van der Waals surface area contributed by atoms with Crippen molar-refractivity contribution in [3.05, 3.63) is 39.9 Å². The summed E-state index contributed by atoms with van der Waals surface area (Å²) in [7, 11) is 0. The molecule has 0 spiro atoms. The van der Waals surface area contributed by atoms with E-state index in [1.165, 1.54) is 29.3 Å². The minimum atomic E-state index is -0.704. The number of hydrogen-bond donors (Lipinski definition) is 3. The summed E-state index contributed by atoms with van der Waals surface area (Å²) in [4.78, 5) is 17.4. The lowest BCUT2D eigenvalue weighted by Crippen LogP contribution is -2.47. The van der Waals surface area contributed by atoms with E-state index in [1.54, 1.807) is 0 Å². The average molecular weight is 357 g/mol. The second-order valence-corrected chi connectivity index (χ2v) is 7.87. The van der Waals surface area contributed by atoms with Crippen molar-refractivity contribution in [2.45, 2.75) is 69.7 Å². The number of nitrogens with zero attached hydrogens (tertiary/aromatic N) is 2. The fraction of sp³-hybridized carbons (Fsp3) is 0.600. The summed E-state index contributed by atoms with van der Waals surface area (Å²) < 4.78 is 1.50. The molecule has 6 heteroatoms. The number of hydrogen-bond acceptors (Lipinski definition) is 5. The van der Waals surface area contributed by atoms with Gasteiger partial charge in [-0.1, -0.05) is 6.07 Å². The first-order valence-electron chi connectivity index (χ1n) is 9.62. The maximum Gasteiger partial charge on any atom is 0.261 e. The fourth-order valence-electron chi connectivity index (χ4n) is 4.03. The van der Waals surface area contributed by atoms with Gasteiger partial charge >= 0.3 is 0 Å². The van der Waals surface area contributed by atoms with Gasteiger partial charge in [0, 0.05) is 6.04 Å². The van der Waals surface area contributed by atoms with Crippen LogP contribution in [-0.2, 0) is 6.54 Å². The highest BCUT2D eigenvalue weighted by Gasteiger charge is 2.26. The quantitative estimate of drug-likeness (QED) is 0.754. The molecule has 1 aromatic heterocycles. The Bertz CT molecular complexity index is 859. The maximum atomic E-state index is 12.9. The van der Waals surface area contributed by atoms with E-state index in [0.717, 1.165) is 30.5 Å². The average Bonchev–Trinajstić information content (AvgIpc) is 3.45. The van der Waals surface area contributed by atoms with Crippen LogP contribution in [0.15, 0.2) is 23.3 Å².